The first-order valence-corrected chi connectivity index (χ1v) is 10.6. The van der Waals surface area contributed by atoms with Crippen LogP contribution in [0.25, 0.3) is 0 Å². The monoisotopic (exact) mass is 492 g/mol. The molecular formula is C20H28N8O7. The lowest BCUT2D eigenvalue weighted by molar-refractivity contribution is -0.141. The van der Waals surface area contributed by atoms with E-state index in [4.69, 9.17) is 15.9 Å². The molecule has 0 saturated heterocycles. The third-order valence-electron chi connectivity index (χ3n) is 4.95. The van der Waals surface area contributed by atoms with E-state index in [1.54, 1.807) is 0 Å². The van der Waals surface area contributed by atoms with Crippen LogP contribution in [0.3, 0.4) is 0 Å². The average Bonchev–Trinajstić information content (AvgIpc) is 3.49. The first kappa shape index (κ1) is 27.0. The molecule has 0 aliphatic heterocycles. The van der Waals surface area contributed by atoms with Crippen molar-refractivity contribution in [2.45, 2.75) is 56.8 Å². The zero-order chi connectivity index (χ0) is 26.0. The van der Waals surface area contributed by atoms with E-state index >= 15 is 0 Å². The van der Waals surface area contributed by atoms with Crippen LogP contribution in [0.1, 0.15) is 31.2 Å². The minimum absolute atomic E-state index is 0.0666. The molecule has 2 rings (SSSR count). The van der Waals surface area contributed by atoms with Crippen LogP contribution in [0.5, 0.6) is 0 Å². The molecule has 35 heavy (non-hydrogen) atoms. The van der Waals surface area contributed by atoms with Gasteiger partial charge in [-0.05, 0) is 13.3 Å². The van der Waals surface area contributed by atoms with Crippen LogP contribution in [0.15, 0.2) is 25.0 Å². The van der Waals surface area contributed by atoms with Crippen LogP contribution in [0.2, 0.25) is 0 Å². The van der Waals surface area contributed by atoms with Crippen molar-refractivity contribution in [3.05, 3.63) is 36.4 Å². The predicted molar refractivity (Wildman–Crippen MR) is 119 cm³/mol. The van der Waals surface area contributed by atoms with Crippen LogP contribution < -0.4 is 21.7 Å². The Kier molecular flexibility index (Phi) is 9.89. The van der Waals surface area contributed by atoms with Gasteiger partial charge in [0.25, 0.3) is 0 Å². The van der Waals surface area contributed by atoms with E-state index in [0.29, 0.717) is 11.4 Å². The molecule has 0 aromatic carbocycles. The van der Waals surface area contributed by atoms with Gasteiger partial charge in [-0.3, -0.25) is 24.0 Å². The van der Waals surface area contributed by atoms with Gasteiger partial charge in [0.1, 0.15) is 18.1 Å². The summed E-state index contributed by atoms with van der Waals surface area (Å²) < 4.78 is 0. The normalized spacial score (nSPS) is 14.2. The molecule has 0 radical (unpaired) electrons. The van der Waals surface area contributed by atoms with Crippen molar-refractivity contribution in [3.63, 3.8) is 0 Å². The molecule has 0 saturated carbocycles. The number of nitrogens with one attached hydrogen (secondary N) is 5. The second-order valence-electron chi connectivity index (χ2n) is 7.79. The van der Waals surface area contributed by atoms with Crippen molar-refractivity contribution >= 4 is 29.7 Å². The summed E-state index contributed by atoms with van der Waals surface area (Å²) in [5.41, 5.74) is 6.96. The summed E-state index contributed by atoms with van der Waals surface area (Å²) in [7, 11) is 0. The topological polar surface area (TPSA) is 245 Å². The molecule has 9 N–H and O–H groups in total. The molecule has 0 aliphatic rings. The molecule has 2 aromatic heterocycles. The number of amides is 3. The van der Waals surface area contributed by atoms with Crippen molar-refractivity contribution in [1.29, 1.82) is 0 Å². The van der Waals surface area contributed by atoms with Crippen LogP contribution in [0, 0.1) is 0 Å². The van der Waals surface area contributed by atoms with Gasteiger partial charge in [0.05, 0.1) is 18.7 Å². The Hall–Kier alpha value is -4.27. The number of aromatic amines is 2. The maximum atomic E-state index is 13.0. The number of carbonyl (C=O) groups is 5. The van der Waals surface area contributed by atoms with Gasteiger partial charge in [-0.15, -0.1) is 0 Å². The summed E-state index contributed by atoms with van der Waals surface area (Å²) in [5, 5.41) is 25.3. The summed E-state index contributed by atoms with van der Waals surface area (Å²) in [6.07, 6.45) is 5.00. The van der Waals surface area contributed by atoms with Crippen molar-refractivity contribution in [1.82, 2.24) is 35.9 Å². The Bertz CT molecular complexity index is 1010. The fourth-order valence-corrected chi connectivity index (χ4v) is 3.01. The molecule has 0 fully saturated rings. The van der Waals surface area contributed by atoms with Crippen LogP contribution in [-0.4, -0.2) is 84.0 Å². The Labute approximate surface area is 199 Å². The number of hydrogen-bond acceptors (Lipinski definition) is 8. The lowest BCUT2D eigenvalue weighted by Crippen LogP contribution is -2.57. The van der Waals surface area contributed by atoms with Crippen molar-refractivity contribution in [2.24, 2.45) is 5.73 Å². The number of carboxylic acid groups (broad SMARTS) is 2. The maximum Gasteiger partial charge on any atom is 0.325 e. The molecule has 0 aliphatic carbocycles. The van der Waals surface area contributed by atoms with E-state index in [9.17, 15) is 24.0 Å². The van der Waals surface area contributed by atoms with Crippen LogP contribution in [0.4, 0.5) is 0 Å². The molecule has 0 spiro atoms. The maximum absolute atomic E-state index is 13.0. The second kappa shape index (κ2) is 12.8. The van der Waals surface area contributed by atoms with Crippen LogP contribution >= 0.6 is 0 Å². The number of aromatic nitrogens is 4. The van der Waals surface area contributed by atoms with Crippen molar-refractivity contribution in [3.8, 4) is 0 Å². The minimum atomic E-state index is -1.32. The molecule has 0 bridgehead atoms. The number of H-pyrrole nitrogens is 2. The fraction of sp³-hybridized carbons (Fsp3) is 0.450. The predicted octanol–water partition coefficient (Wildman–Crippen LogP) is -2.33. The lowest BCUT2D eigenvalue weighted by Gasteiger charge is -2.24. The highest BCUT2D eigenvalue weighted by Crippen LogP contribution is 2.05. The van der Waals surface area contributed by atoms with E-state index in [0.717, 1.165) is 0 Å². The van der Waals surface area contributed by atoms with E-state index < -0.39 is 60.2 Å². The standard InChI is InChI=1S/C20H28N8O7/c1-10(20(34)35)26-19(33)15(5-12-7-23-9-25-12)28-18(32)14(2-3-16(29)30)27-17(31)13(21)4-11-6-22-8-24-11/h6-10,13-15H,2-5,21H2,1H3,(H,22,24)(H,23,25)(H,26,33)(H,27,31)(H,28,32)(H,29,30)(H,34,35). The zero-order valence-corrected chi connectivity index (χ0v) is 18.9. The zero-order valence-electron chi connectivity index (χ0n) is 18.9. The van der Waals surface area contributed by atoms with E-state index in [2.05, 4.69) is 35.9 Å². The van der Waals surface area contributed by atoms with E-state index in [1.807, 2.05) is 0 Å². The summed E-state index contributed by atoms with van der Waals surface area (Å²) in [6, 6.07) is -4.85. The third-order valence-corrected chi connectivity index (χ3v) is 4.95. The first-order chi connectivity index (χ1) is 16.6. The Morgan fingerprint density at radius 1 is 0.886 bits per heavy atom. The molecule has 190 valence electrons. The summed E-state index contributed by atoms with van der Waals surface area (Å²) in [4.78, 5) is 73.7. The molecule has 15 heteroatoms. The third kappa shape index (κ3) is 8.88. The minimum Gasteiger partial charge on any atom is -0.481 e. The molecule has 3 amide bonds. The Morgan fingerprint density at radius 2 is 1.43 bits per heavy atom. The van der Waals surface area contributed by atoms with Gasteiger partial charge in [0.2, 0.25) is 17.7 Å². The summed E-state index contributed by atoms with van der Waals surface area (Å²) in [5.74, 6) is -4.80. The number of carboxylic acids is 2. The number of rotatable bonds is 14. The van der Waals surface area contributed by atoms with Gasteiger partial charge >= 0.3 is 11.9 Å². The molecular weight excluding hydrogens is 464 g/mol. The van der Waals surface area contributed by atoms with Gasteiger partial charge in [0.15, 0.2) is 0 Å². The second-order valence-corrected chi connectivity index (χ2v) is 7.79. The lowest BCUT2D eigenvalue weighted by atomic mass is 10.1. The van der Waals surface area contributed by atoms with E-state index in [-0.39, 0.29) is 19.3 Å². The fourth-order valence-electron chi connectivity index (χ4n) is 3.01. The first-order valence-electron chi connectivity index (χ1n) is 10.6. The van der Waals surface area contributed by atoms with Gasteiger partial charge in [-0.25, -0.2) is 9.97 Å². The highest BCUT2D eigenvalue weighted by Gasteiger charge is 2.30. The summed E-state index contributed by atoms with van der Waals surface area (Å²) in [6.45, 7) is 1.26. The molecule has 2 heterocycles. The highest BCUT2D eigenvalue weighted by molar-refractivity contribution is 5.94. The largest absolute Gasteiger partial charge is 0.481 e. The van der Waals surface area contributed by atoms with Crippen molar-refractivity contribution < 1.29 is 34.2 Å². The number of carbonyl (C=O) groups excluding carboxylic acids is 3. The van der Waals surface area contributed by atoms with Crippen molar-refractivity contribution in [2.75, 3.05) is 0 Å². The smallest absolute Gasteiger partial charge is 0.325 e. The van der Waals surface area contributed by atoms with Gasteiger partial charge in [-0.1, -0.05) is 0 Å². The number of nitrogens with two attached hydrogens (primary N) is 1. The molecule has 4 unspecified atom stereocenters. The van der Waals surface area contributed by atoms with Gasteiger partial charge in [0, 0.05) is 43.0 Å². The van der Waals surface area contributed by atoms with Gasteiger partial charge in [-0.2, -0.15) is 0 Å². The van der Waals surface area contributed by atoms with Crippen LogP contribution in [-0.2, 0) is 36.8 Å². The summed E-state index contributed by atoms with van der Waals surface area (Å²) >= 11 is 0. The van der Waals surface area contributed by atoms with Gasteiger partial charge < -0.3 is 41.9 Å². The number of nitrogens with zero attached hydrogens (tertiary/aromatic N) is 2. The van der Waals surface area contributed by atoms with E-state index in [1.165, 1.54) is 32.0 Å². The SMILES string of the molecule is CC(NC(=O)C(Cc1cnc[nH]1)NC(=O)C(CCC(=O)O)NC(=O)C(N)Cc1cnc[nH]1)C(=O)O. The Morgan fingerprint density at radius 3 is 1.94 bits per heavy atom. The quantitative estimate of drug-likeness (QED) is 0.140. The number of aliphatic carboxylic acids is 2. The molecule has 15 nitrogen and oxygen atoms in total. The molecule has 2 aromatic rings. The number of hydrogen-bond donors (Lipinski definition) is 8. The highest BCUT2D eigenvalue weighted by atomic mass is 16.4. The average molecular weight is 492 g/mol. The Balaban J connectivity index is 2.13. The number of imidazole rings is 2. The molecule has 4 atom stereocenters.